The molecule has 0 unspecified atom stereocenters. The van der Waals surface area contributed by atoms with Gasteiger partial charge in [0.25, 0.3) is 0 Å². The first-order chi connectivity index (χ1) is 32.2. The molecule has 2 atom stereocenters. The normalized spacial score (nSPS) is 17.9. The van der Waals surface area contributed by atoms with Crippen LogP contribution in [0.3, 0.4) is 0 Å². The van der Waals surface area contributed by atoms with E-state index in [1.807, 2.05) is 0 Å². The number of halogens is 4. The van der Waals surface area contributed by atoms with Crippen LogP contribution in [0.25, 0.3) is 0 Å². The van der Waals surface area contributed by atoms with Crippen LogP contribution in [0.2, 0.25) is 0 Å². The van der Waals surface area contributed by atoms with E-state index >= 15 is 0 Å². The number of Topliss-reactive ketones (excluding diaryl/α,β-unsaturated/α-hetero) is 2. The van der Waals surface area contributed by atoms with Crippen molar-refractivity contribution in [3.05, 3.63) is 248 Å². The molecule has 3 aliphatic rings. The van der Waals surface area contributed by atoms with E-state index in [-0.39, 0.29) is 43.1 Å². The van der Waals surface area contributed by atoms with Crippen molar-refractivity contribution in [1.29, 1.82) is 0 Å². The molecular weight excluding hydrogens is 1220 g/mol. The van der Waals surface area contributed by atoms with Crippen LogP contribution < -0.4 is 42.5 Å². The molecule has 0 spiro atoms. The third kappa shape index (κ3) is 15.3. The van der Waals surface area contributed by atoms with Crippen LogP contribution >= 0.6 is 79.6 Å². The van der Waals surface area contributed by atoms with Gasteiger partial charge in [-0.3, -0.25) is 9.59 Å². The van der Waals surface area contributed by atoms with Crippen LogP contribution in [0.4, 0.5) is 0 Å². The molecule has 0 bridgehead atoms. The second-order valence-corrected chi connectivity index (χ2v) is 23.4. The molecule has 9 rings (SSSR count). The summed E-state index contributed by atoms with van der Waals surface area (Å²) in [7, 11) is -0.892. The number of carbonyl (C=O) groups excluding carboxylic acids is 2. The van der Waals surface area contributed by atoms with Crippen molar-refractivity contribution < 1.29 is 29.1 Å². The Morgan fingerprint density at radius 1 is 0.388 bits per heavy atom. The molecule has 67 heavy (non-hydrogen) atoms. The first-order valence-corrected chi connectivity index (χ1v) is 27.5. The number of hydrogen-bond donors (Lipinski definition) is 2. The number of rotatable bonds is 10. The first-order valence-electron chi connectivity index (χ1n) is 21.7. The number of ketones is 2. The van der Waals surface area contributed by atoms with Crippen LogP contribution in [-0.2, 0) is 29.1 Å². The molecule has 3 aliphatic carbocycles. The second kappa shape index (κ2) is 27.3. The quantitative estimate of drug-likeness (QED) is 0.0815. The minimum atomic E-state index is -0.446. The minimum Gasteiger partial charge on any atom is -0.386 e. The Bertz CT molecular complexity index is 2360. The van der Waals surface area contributed by atoms with Gasteiger partial charge in [0, 0.05) is 64.1 Å². The van der Waals surface area contributed by atoms with E-state index in [0.29, 0.717) is 20.1 Å². The molecule has 0 aromatic heterocycles. The minimum absolute atomic E-state index is 0. The van der Waals surface area contributed by atoms with Crippen LogP contribution in [0.5, 0.6) is 0 Å². The molecule has 0 saturated heterocycles. The maximum absolute atomic E-state index is 12.3. The van der Waals surface area contributed by atoms with E-state index in [0.717, 1.165) is 34.6 Å². The topological polar surface area (TPSA) is 58.2 Å². The van der Waals surface area contributed by atoms with E-state index in [2.05, 4.69) is 256 Å². The van der Waals surface area contributed by atoms with Gasteiger partial charge in [-0.05, 0) is 117 Å². The Morgan fingerprint density at radius 3 is 0.866 bits per heavy atom. The molecule has 11 heteroatoms. The van der Waals surface area contributed by atoms with Crippen molar-refractivity contribution in [2.24, 2.45) is 0 Å². The summed E-state index contributed by atoms with van der Waals surface area (Å²) in [5.74, 6) is -0.0878. The van der Waals surface area contributed by atoms with Gasteiger partial charge in [0.2, 0.25) is 11.6 Å². The van der Waals surface area contributed by atoms with Crippen molar-refractivity contribution in [3.8, 4) is 0 Å². The Balaban J connectivity index is 0.000000169. The largest absolute Gasteiger partial charge is 0.386 e. The van der Waals surface area contributed by atoms with Gasteiger partial charge < -0.3 is 10.6 Å². The molecule has 1 saturated carbocycles. The summed E-state index contributed by atoms with van der Waals surface area (Å²) in [5.41, 5.74) is 1.21. The Labute approximate surface area is 444 Å². The van der Waals surface area contributed by atoms with Gasteiger partial charge in [-0.25, -0.2) is 0 Å². The van der Waals surface area contributed by atoms with Gasteiger partial charge >= 0.3 is 0 Å². The van der Waals surface area contributed by atoms with Gasteiger partial charge in [-0.15, -0.1) is 0 Å². The summed E-state index contributed by atoms with van der Waals surface area (Å²) in [5, 5.41) is 15.2. The molecule has 0 heterocycles. The van der Waals surface area contributed by atoms with E-state index in [4.69, 9.17) is 0 Å². The molecular formula is C56H48Br4N2O2P2Ru. The number of benzene rings is 6. The Morgan fingerprint density at radius 2 is 0.627 bits per heavy atom. The van der Waals surface area contributed by atoms with Crippen molar-refractivity contribution in [3.63, 3.8) is 0 Å². The van der Waals surface area contributed by atoms with Crippen molar-refractivity contribution in [2.75, 3.05) is 0 Å². The first kappa shape index (κ1) is 52.5. The van der Waals surface area contributed by atoms with Gasteiger partial charge in [0.05, 0.1) is 8.96 Å². The molecule has 340 valence electrons. The summed E-state index contributed by atoms with van der Waals surface area (Å²) in [6, 6.07) is 65.0. The Kier molecular flexibility index (Phi) is 21.4. The molecule has 0 radical (unpaired) electrons. The zero-order valence-electron chi connectivity index (χ0n) is 36.3. The SMILES string of the molecule is O=C1C(Br)=CC(Br)=C/C1=C/N[C@@H]1CCCC[C@H]1N/C=C1/C=C(Br)C=C(Br)C1=O.[Ru].c1ccc(P(c2ccccc2)c2ccccc2)cc1.c1ccc(P(c2ccccc2)c2ccccc2)cc1. The predicted molar refractivity (Wildman–Crippen MR) is 297 cm³/mol. The summed E-state index contributed by atoms with van der Waals surface area (Å²) in [6.45, 7) is 0. The van der Waals surface area contributed by atoms with E-state index in [9.17, 15) is 9.59 Å². The zero-order chi connectivity index (χ0) is 46.1. The fraction of sp³-hybridized carbons (Fsp3) is 0.107. The van der Waals surface area contributed by atoms with Gasteiger partial charge in [0.15, 0.2) is 0 Å². The molecule has 6 aromatic carbocycles. The van der Waals surface area contributed by atoms with Crippen LogP contribution in [0.15, 0.2) is 248 Å². The third-order valence-corrected chi connectivity index (χ3v) is 17.8. The number of nitrogens with one attached hydrogen (secondary N) is 2. The van der Waals surface area contributed by atoms with E-state index in [1.54, 1.807) is 36.7 Å². The third-order valence-electron chi connectivity index (χ3n) is 10.8. The molecule has 2 N–H and O–H groups in total. The predicted octanol–water partition coefficient (Wildman–Crippen LogP) is 12.4. The smallest absolute Gasteiger partial charge is 0.201 e. The molecule has 4 nitrogen and oxygen atoms in total. The van der Waals surface area contributed by atoms with E-state index in [1.165, 1.54) is 31.8 Å². The van der Waals surface area contributed by atoms with E-state index < -0.39 is 15.8 Å². The van der Waals surface area contributed by atoms with Crippen LogP contribution in [0.1, 0.15) is 25.7 Å². The molecule has 0 aliphatic heterocycles. The fourth-order valence-corrected chi connectivity index (χ4v) is 14.8. The summed E-state index contributed by atoms with van der Waals surface area (Å²) >= 11 is 13.4. The van der Waals surface area contributed by atoms with Crippen molar-refractivity contribution >= 4 is 123 Å². The Hall–Kier alpha value is -3.90. The van der Waals surface area contributed by atoms with Gasteiger partial charge in [0.1, 0.15) is 0 Å². The van der Waals surface area contributed by atoms with Crippen molar-refractivity contribution in [2.45, 2.75) is 37.8 Å². The summed E-state index contributed by atoms with van der Waals surface area (Å²) in [6.07, 6.45) is 14.9. The molecule has 1 fully saturated rings. The number of allylic oxidation sites excluding steroid dienone is 10. The average Bonchev–Trinajstić information content (AvgIpc) is 3.36. The average molecular weight is 1260 g/mol. The van der Waals surface area contributed by atoms with Crippen LogP contribution in [-0.4, -0.2) is 23.7 Å². The second-order valence-electron chi connectivity index (χ2n) is 15.4. The maximum atomic E-state index is 12.3. The monoisotopic (exact) mass is 1260 g/mol. The molecule has 6 aromatic rings. The summed E-state index contributed by atoms with van der Waals surface area (Å²) < 4.78 is 2.76. The van der Waals surface area contributed by atoms with Gasteiger partial charge in [-0.1, -0.05) is 227 Å². The number of carbonyl (C=O) groups is 2. The van der Waals surface area contributed by atoms with Crippen LogP contribution in [0, 0.1) is 0 Å². The maximum Gasteiger partial charge on any atom is 0.201 e. The molecule has 0 amide bonds. The summed E-state index contributed by atoms with van der Waals surface area (Å²) in [4.78, 5) is 24.6. The zero-order valence-corrected chi connectivity index (χ0v) is 46.2. The van der Waals surface area contributed by atoms with Gasteiger partial charge in [-0.2, -0.15) is 0 Å². The standard InChI is InChI=1S/C20H18Br4N2O2.2C18H15P.Ru/c21-13-5-11(19(27)15(23)7-13)9-25-17-3-1-2-4-18(17)26-10-12-6-14(22)8-16(24)20(12)28;2*1-4-10-16(11-5-1)19(17-12-6-2-7-13-17)18-14-8-3-9-15-18;/h5-10,17-18,25-26H,1-4H2;2*1-15H;/b11-9-,12-10-;;;/t17-,18-;;;/m1.../s1. The number of hydrogen-bond acceptors (Lipinski definition) is 4. The fourth-order valence-electron chi connectivity index (χ4n) is 7.66. The van der Waals surface area contributed by atoms with Crippen molar-refractivity contribution in [1.82, 2.24) is 10.6 Å².